The highest BCUT2D eigenvalue weighted by Crippen LogP contribution is 2.52. The molecule has 6 nitrogen and oxygen atoms in total. The fourth-order valence-electron chi connectivity index (χ4n) is 4.16. The van der Waals surface area contributed by atoms with Crippen LogP contribution in [-0.4, -0.2) is 19.1 Å². The Morgan fingerprint density at radius 2 is 2.00 bits per heavy atom. The van der Waals surface area contributed by atoms with Crippen LogP contribution in [0.3, 0.4) is 0 Å². The van der Waals surface area contributed by atoms with Gasteiger partial charge in [-0.25, -0.2) is 0 Å². The highest BCUT2D eigenvalue weighted by atomic mass is 16.6. The van der Waals surface area contributed by atoms with E-state index in [1.807, 2.05) is 18.2 Å². The van der Waals surface area contributed by atoms with Gasteiger partial charge in [0, 0.05) is 29.3 Å². The summed E-state index contributed by atoms with van der Waals surface area (Å²) < 4.78 is 11.1. The van der Waals surface area contributed by atoms with E-state index < -0.39 is 0 Å². The zero-order chi connectivity index (χ0) is 18.3. The van der Waals surface area contributed by atoms with Crippen LogP contribution in [0.4, 0.5) is 11.4 Å². The fraction of sp³-hybridized carbons (Fsp3) is 0.300. The summed E-state index contributed by atoms with van der Waals surface area (Å²) in [6, 6.07) is 11.0. The molecule has 0 aromatic heterocycles. The van der Waals surface area contributed by atoms with Gasteiger partial charge in [-0.1, -0.05) is 24.3 Å². The van der Waals surface area contributed by atoms with Crippen molar-refractivity contribution < 1.29 is 14.4 Å². The minimum absolute atomic E-state index is 0.0361. The van der Waals surface area contributed by atoms with Gasteiger partial charge in [0.2, 0.25) is 0 Å². The first-order valence-corrected chi connectivity index (χ1v) is 8.56. The Kier molecular flexibility index (Phi) is 4.03. The van der Waals surface area contributed by atoms with Crippen molar-refractivity contribution in [3.8, 4) is 11.5 Å². The number of ether oxygens (including phenoxy) is 2. The number of non-ortho nitro benzene ring substituents is 1. The first-order chi connectivity index (χ1) is 12.6. The molecule has 4 rings (SSSR count). The van der Waals surface area contributed by atoms with Crippen LogP contribution >= 0.6 is 0 Å². The molecule has 2 aromatic carbocycles. The van der Waals surface area contributed by atoms with Gasteiger partial charge in [-0.2, -0.15) is 0 Å². The van der Waals surface area contributed by atoms with Crippen LogP contribution < -0.4 is 14.8 Å². The number of benzene rings is 2. The molecule has 0 saturated carbocycles. The highest BCUT2D eigenvalue weighted by Gasteiger charge is 2.40. The second-order valence-electron chi connectivity index (χ2n) is 6.59. The Labute approximate surface area is 151 Å². The molecule has 3 atom stereocenters. The number of methoxy groups -OCH3 is 2. The minimum Gasteiger partial charge on any atom is -0.493 e. The zero-order valence-electron chi connectivity index (χ0n) is 14.6. The molecule has 6 heteroatoms. The van der Waals surface area contributed by atoms with Gasteiger partial charge in [-0.3, -0.25) is 10.1 Å². The lowest BCUT2D eigenvalue weighted by Crippen LogP contribution is -2.29. The van der Waals surface area contributed by atoms with Crippen molar-refractivity contribution >= 4 is 11.4 Å². The van der Waals surface area contributed by atoms with Gasteiger partial charge in [0.25, 0.3) is 5.69 Å². The molecule has 26 heavy (non-hydrogen) atoms. The molecule has 0 fully saturated rings. The normalized spacial score (nSPS) is 22.9. The second kappa shape index (κ2) is 6.37. The van der Waals surface area contributed by atoms with Gasteiger partial charge < -0.3 is 14.8 Å². The lowest BCUT2D eigenvalue weighted by atomic mass is 9.76. The van der Waals surface area contributed by atoms with Crippen molar-refractivity contribution in [3.63, 3.8) is 0 Å². The van der Waals surface area contributed by atoms with Crippen molar-refractivity contribution in [2.24, 2.45) is 5.92 Å². The molecule has 1 aliphatic carbocycles. The van der Waals surface area contributed by atoms with Gasteiger partial charge in [0.15, 0.2) is 11.5 Å². The minimum atomic E-state index is -0.342. The lowest BCUT2D eigenvalue weighted by Gasteiger charge is -2.38. The van der Waals surface area contributed by atoms with E-state index in [-0.39, 0.29) is 28.5 Å². The SMILES string of the molecule is COc1cccc([C@H]2Nc3ccc([N+](=O)[O-])cc3[C@H]3C=CC[C@H]32)c1OC. The summed E-state index contributed by atoms with van der Waals surface area (Å²) in [5.74, 6) is 1.84. The van der Waals surface area contributed by atoms with Crippen molar-refractivity contribution in [2.45, 2.75) is 18.4 Å². The standard InChI is InChI=1S/C20H20N2O4/c1-25-18-8-4-7-15(20(18)26-2)19-14-6-3-5-13(14)16-11-12(22(23)24)9-10-17(16)21-19/h3-5,7-11,13-14,19,21H,6H2,1-2H3/t13-,14+,19-/m0/s1. The van der Waals surface area contributed by atoms with E-state index in [1.165, 1.54) is 0 Å². The maximum Gasteiger partial charge on any atom is 0.269 e. The number of allylic oxidation sites excluding steroid dienone is 2. The largest absolute Gasteiger partial charge is 0.493 e. The number of fused-ring (bicyclic) bond motifs is 3. The predicted molar refractivity (Wildman–Crippen MR) is 99.0 cm³/mol. The molecular weight excluding hydrogens is 332 g/mol. The van der Waals surface area contributed by atoms with Gasteiger partial charge >= 0.3 is 0 Å². The Balaban J connectivity index is 1.81. The van der Waals surface area contributed by atoms with E-state index in [1.54, 1.807) is 32.4 Å². The topological polar surface area (TPSA) is 73.6 Å². The Morgan fingerprint density at radius 3 is 2.73 bits per heavy atom. The Hall–Kier alpha value is -3.02. The van der Waals surface area contributed by atoms with Crippen LogP contribution in [0.5, 0.6) is 11.5 Å². The third-order valence-electron chi connectivity index (χ3n) is 5.33. The third-order valence-corrected chi connectivity index (χ3v) is 5.33. The first-order valence-electron chi connectivity index (χ1n) is 8.56. The third kappa shape index (κ3) is 2.49. The summed E-state index contributed by atoms with van der Waals surface area (Å²) >= 11 is 0. The number of anilines is 1. The summed E-state index contributed by atoms with van der Waals surface area (Å²) in [4.78, 5) is 10.8. The average Bonchev–Trinajstić information content (AvgIpc) is 3.16. The molecular formula is C20H20N2O4. The van der Waals surface area contributed by atoms with Crippen LogP contribution in [0.1, 0.15) is 29.5 Å². The van der Waals surface area contributed by atoms with Crippen molar-refractivity contribution in [2.75, 3.05) is 19.5 Å². The number of nitrogens with one attached hydrogen (secondary N) is 1. The fourth-order valence-corrected chi connectivity index (χ4v) is 4.16. The number of hydrogen-bond donors (Lipinski definition) is 1. The molecule has 0 spiro atoms. The summed E-state index contributed by atoms with van der Waals surface area (Å²) in [5, 5.41) is 14.7. The van der Waals surface area contributed by atoms with Crippen molar-refractivity contribution in [3.05, 3.63) is 69.8 Å². The monoisotopic (exact) mass is 352 g/mol. The van der Waals surface area contributed by atoms with Gasteiger partial charge in [0.1, 0.15) is 0 Å². The number of nitrogens with zero attached hydrogens (tertiary/aromatic N) is 1. The summed E-state index contributed by atoms with van der Waals surface area (Å²) in [6.07, 6.45) is 5.23. The maximum absolute atomic E-state index is 11.2. The summed E-state index contributed by atoms with van der Waals surface area (Å²) in [6.45, 7) is 0. The number of rotatable bonds is 4. The molecule has 1 heterocycles. The predicted octanol–water partition coefficient (Wildman–Crippen LogP) is 4.44. The Bertz CT molecular complexity index is 893. The molecule has 2 aliphatic rings. The van der Waals surface area contributed by atoms with Crippen LogP contribution in [-0.2, 0) is 0 Å². The van der Waals surface area contributed by atoms with Crippen molar-refractivity contribution in [1.29, 1.82) is 0 Å². The average molecular weight is 352 g/mol. The molecule has 2 aromatic rings. The summed E-state index contributed by atoms with van der Waals surface area (Å²) in [5.41, 5.74) is 3.07. The van der Waals surface area contributed by atoms with Crippen LogP contribution in [0.15, 0.2) is 48.6 Å². The zero-order valence-corrected chi connectivity index (χ0v) is 14.6. The van der Waals surface area contributed by atoms with E-state index in [4.69, 9.17) is 9.47 Å². The number of hydrogen-bond acceptors (Lipinski definition) is 5. The molecule has 1 N–H and O–H groups in total. The Morgan fingerprint density at radius 1 is 1.15 bits per heavy atom. The van der Waals surface area contributed by atoms with E-state index in [2.05, 4.69) is 17.5 Å². The number of nitro groups is 1. The molecule has 134 valence electrons. The van der Waals surface area contributed by atoms with Gasteiger partial charge in [-0.15, -0.1) is 0 Å². The molecule has 1 aliphatic heterocycles. The van der Waals surface area contributed by atoms with Gasteiger partial charge in [0.05, 0.1) is 25.2 Å². The highest BCUT2D eigenvalue weighted by molar-refractivity contribution is 5.64. The van der Waals surface area contributed by atoms with Gasteiger partial charge in [-0.05, 0) is 30.0 Å². The number of para-hydroxylation sites is 1. The smallest absolute Gasteiger partial charge is 0.269 e. The second-order valence-corrected chi connectivity index (χ2v) is 6.59. The number of nitro benzene ring substituents is 1. The molecule has 0 amide bonds. The summed E-state index contributed by atoms with van der Waals surface area (Å²) in [7, 11) is 3.27. The lowest BCUT2D eigenvalue weighted by molar-refractivity contribution is -0.384. The van der Waals surface area contributed by atoms with Crippen LogP contribution in [0.25, 0.3) is 0 Å². The van der Waals surface area contributed by atoms with E-state index in [9.17, 15) is 10.1 Å². The van der Waals surface area contributed by atoms with E-state index >= 15 is 0 Å². The van der Waals surface area contributed by atoms with Crippen LogP contribution in [0.2, 0.25) is 0 Å². The maximum atomic E-state index is 11.2. The van der Waals surface area contributed by atoms with Crippen LogP contribution in [0, 0.1) is 16.0 Å². The van der Waals surface area contributed by atoms with E-state index in [0.717, 1.165) is 29.0 Å². The quantitative estimate of drug-likeness (QED) is 0.500. The molecule has 0 unspecified atom stereocenters. The van der Waals surface area contributed by atoms with E-state index in [0.29, 0.717) is 5.75 Å². The van der Waals surface area contributed by atoms with Crippen molar-refractivity contribution in [1.82, 2.24) is 0 Å². The first kappa shape index (κ1) is 16.4. The molecule has 0 saturated heterocycles. The molecule has 0 bridgehead atoms. The molecule has 0 radical (unpaired) electrons.